The summed E-state index contributed by atoms with van der Waals surface area (Å²) in [5, 5.41) is 3.07. The van der Waals surface area contributed by atoms with Crippen LogP contribution < -0.4 is 5.32 Å². The van der Waals surface area contributed by atoms with Crippen molar-refractivity contribution >= 4 is 11.8 Å². The van der Waals surface area contributed by atoms with Crippen molar-refractivity contribution in [1.82, 2.24) is 10.2 Å². The summed E-state index contributed by atoms with van der Waals surface area (Å²) in [6, 6.07) is 17.7. The minimum atomic E-state index is -0.228. The molecule has 3 rings (SSSR count). The van der Waals surface area contributed by atoms with Gasteiger partial charge in [0.2, 0.25) is 11.8 Å². The van der Waals surface area contributed by atoms with Gasteiger partial charge in [-0.1, -0.05) is 54.6 Å². The third-order valence-corrected chi connectivity index (χ3v) is 5.05. The molecule has 1 heterocycles. The van der Waals surface area contributed by atoms with Crippen LogP contribution in [0.4, 0.5) is 0 Å². The van der Waals surface area contributed by atoms with Crippen molar-refractivity contribution in [2.24, 2.45) is 5.92 Å². The summed E-state index contributed by atoms with van der Waals surface area (Å²) in [6.45, 7) is 2.56. The summed E-state index contributed by atoms with van der Waals surface area (Å²) in [6.07, 6.45) is 1.00. The van der Waals surface area contributed by atoms with Gasteiger partial charge in [-0.25, -0.2) is 0 Å². The monoisotopic (exact) mass is 336 g/mol. The molecule has 4 heteroatoms. The second-order valence-corrected chi connectivity index (χ2v) is 6.65. The van der Waals surface area contributed by atoms with E-state index in [2.05, 4.69) is 5.32 Å². The maximum atomic E-state index is 12.9. The smallest absolute Gasteiger partial charge is 0.225 e. The number of benzene rings is 2. The van der Waals surface area contributed by atoms with Crippen molar-refractivity contribution in [2.75, 3.05) is 7.05 Å². The van der Waals surface area contributed by atoms with Crippen LogP contribution in [0, 0.1) is 12.8 Å². The average Bonchev–Trinajstić information content (AvgIpc) is 2.63. The molecule has 2 atom stereocenters. The van der Waals surface area contributed by atoms with Gasteiger partial charge in [0.1, 0.15) is 0 Å². The van der Waals surface area contributed by atoms with Crippen LogP contribution >= 0.6 is 0 Å². The first kappa shape index (κ1) is 17.2. The molecule has 1 aliphatic heterocycles. The number of amides is 2. The van der Waals surface area contributed by atoms with Crippen molar-refractivity contribution < 1.29 is 9.59 Å². The maximum Gasteiger partial charge on any atom is 0.225 e. The first-order valence-corrected chi connectivity index (χ1v) is 8.70. The van der Waals surface area contributed by atoms with E-state index in [0.29, 0.717) is 19.4 Å². The normalized spacial score (nSPS) is 20.4. The standard InChI is InChI=1S/C21H24N2O2/c1-15-8-6-7-11-17(15)14-22-21(25)18-12-13-19(24)23(2)20(18)16-9-4-3-5-10-16/h3-11,18,20H,12-14H2,1-2H3,(H,22,25)/t18-,20-/m0/s1. The molecule has 2 amide bonds. The number of carbonyl (C=O) groups is 2. The fourth-order valence-electron chi connectivity index (χ4n) is 3.54. The van der Waals surface area contributed by atoms with Crippen LogP contribution in [0.25, 0.3) is 0 Å². The summed E-state index contributed by atoms with van der Waals surface area (Å²) >= 11 is 0. The van der Waals surface area contributed by atoms with Crippen LogP contribution in [0.15, 0.2) is 54.6 Å². The Bertz CT molecular complexity index is 758. The van der Waals surface area contributed by atoms with Gasteiger partial charge < -0.3 is 10.2 Å². The lowest BCUT2D eigenvalue weighted by atomic mass is 9.84. The van der Waals surface area contributed by atoms with Crippen LogP contribution in [-0.4, -0.2) is 23.8 Å². The fraction of sp³-hybridized carbons (Fsp3) is 0.333. The van der Waals surface area contributed by atoms with Gasteiger partial charge in [0.25, 0.3) is 0 Å². The van der Waals surface area contributed by atoms with Crippen LogP contribution in [0.1, 0.15) is 35.6 Å². The molecule has 0 unspecified atom stereocenters. The van der Waals surface area contributed by atoms with E-state index in [1.807, 2.05) is 61.5 Å². The average molecular weight is 336 g/mol. The molecule has 0 radical (unpaired) electrons. The minimum Gasteiger partial charge on any atom is -0.352 e. The Balaban J connectivity index is 1.77. The highest BCUT2D eigenvalue weighted by atomic mass is 16.2. The molecule has 0 saturated carbocycles. The first-order chi connectivity index (χ1) is 12.1. The number of likely N-dealkylation sites (tertiary alicyclic amines) is 1. The highest BCUT2D eigenvalue weighted by molar-refractivity contribution is 5.84. The molecule has 1 N–H and O–H groups in total. The Morgan fingerprint density at radius 2 is 1.80 bits per heavy atom. The maximum absolute atomic E-state index is 12.9. The zero-order valence-electron chi connectivity index (χ0n) is 14.7. The van der Waals surface area contributed by atoms with Crippen LogP contribution in [-0.2, 0) is 16.1 Å². The predicted octanol–water partition coefficient (Wildman–Crippen LogP) is 3.22. The topological polar surface area (TPSA) is 49.4 Å². The van der Waals surface area contributed by atoms with Gasteiger partial charge >= 0.3 is 0 Å². The molecule has 0 spiro atoms. The molecule has 1 aliphatic rings. The van der Waals surface area contributed by atoms with E-state index >= 15 is 0 Å². The van der Waals surface area contributed by atoms with Crippen LogP contribution in [0.5, 0.6) is 0 Å². The van der Waals surface area contributed by atoms with Gasteiger partial charge in [0.05, 0.1) is 12.0 Å². The summed E-state index contributed by atoms with van der Waals surface area (Å²) in [5.41, 5.74) is 3.29. The van der Waals surface area contributed by atoms with E-state index in [1.54, 1.807) is 11.9 Å². The van der Waals surface area contributed by atoms with Gasteiger partial charge in [0.15, 0.2) is 0 Å². The van der Waals surface area contributed by atoms with Gasteiger partial charge in [-0.05, 0) is 30.0 Å². The zero-order valence-corrected chi connectivity index (χ0v) is 14.7. The number of nitrogens with one attached hydrogen (secondary N) is 1. The number of nitrogens with zero attached hydrogens (tertiary/aromatic N) is 1. The van der Waals surface area contributed by atoms with Crippen molar-refractivity contribution in [1.29, 1.82) is 0 Å². The predicted molar refractivity (Wildman–Crippen MR) is 97.7 cm³/mol. The lowest BCUT2D eigenvalue weighted by Gasteiger charge is -2.38. The summed E-state index contributed by atoms with van der Waals surface area (Å²) in [4.78, 5) is 26.8. The number of hydrogen-bond donors (Lipinski definition) is 1. The lowest BCUT2D eigenvalue weighted by Crippen LogP contribution is -2.46. The van der Waals surface area contributed by atoms with Crippen molar-refractivity contribution in [3.63, 3.8) is 0 Å². The Labute approximate surface area is 148 Å². The molecule has 1 fully saturated rings. The fourth-order valence-corrected chi connectivity index (χ4v) is 3.54. The quantitative estimate of drug-likeness (QED) is 0.932. The lowest BCUT2D eigenvalue weighted by molar-refractivity contribution is -0.141. The summed E-state index contributed by atoms with van der Waals surface area (Å²) in [5.74, 6) is -0.123. The number of hydrogen-bond acceptors (Lipinski definition) is 2. The van der Waals surface area contributed by atoms with E-state index in [1.165, 1.54) is 5.56 Å². The molecular formula is C21H24N2O2. The molecule has 0 aliphatic carbocycles. The molecule has 0 aromatic heterocycles. The van der Waals surface area contributed by atoms with E-state index < -0.39 is 0 Å². The van der Waals surface area contributed by atoms with Crippen molar-refractivity contribution in [2.45, 2.75) is 32.4 Å². The Morgan fingerprint density at radius 1 is 1.12 bits per heavy atom. The summed E-state index contributed by atoms with van der Waals surface area (Å²) < 4.78 is 0. The van der Waals surface area contributed by atoms with Gasteiger partial charge in [-0.3, -0.25) is 9.59 Å². The van der Waals surface area contributed by atoms with Gasteiger partial charge in [-0.2, -0.15) is 0 Å². The van der Waals surface area contributed by atoms with E-state index in [9.17, 15) is 9.59 Å². The molecule has 2 aromatic rings. The summed E-state index contributed by atoms with van der Waals surface area (Å²) in [7, 11) is 1.79. The first-order valence-electron chi connectivity index (χ1n) is 8.70. The second-order valence-electron chi connectivity index (χ2n) is 6.65. The molecular weight excluding hydrogens is 312 g/mol. The number of carbonyl (C=O) groups excluding carboxylic acids is 2. The highest BCUT2D eigenvalue weighted by Crippen LogP contribution is 2.35. The number of piperidine rings is 1. The molecule has 130 valence electrons. The van der Waals surface area contributed by atoms with E-state index in [-0.39, 0.29) is 23.8 Å². The molecule has 1 saturated heterocycles. The second kappa shape index (κ2) is 7.51. The van der Waals surface area contributed by atoms with Crippen molar-refractivity contribution in [3.8, 4) is 0 Å². The Kier molecular flexibility index (Phi) is 5.17. The van der Waals surface area contributed by atoms with Crippen LogP contribution in [0.2, 0.25) is 0 Å². The number of aryl methyl sites for hydroxylation is 1. The van der Waals surface area contributed by atoms with Gasteiger partial charge in [0, 0.05) is 20.0 Å². The van der Waals surface area contributed by atoms with Gasteiger partial charge in [-0.15, -0.1) is 0 Å². The molecule has 4 nitrogen and oxygen atoms in total. The third kappa shape index (κ3) is 3.73. The number of rotatable bonds is 4. The Morgan fingerprint density at radius 3 is 2.52 bits per heavy atom. The Hall–Kier alpha value is -2.62. The van der Waals surface area contributed by atoms with E-state index in [0.717, 1.165) is 11.1 Å². The van der Waals surface area contributed by atoms with Crippen molar-refractivity contribution in [3.05, 3.63) is 71.3 Å². The zero-order chi connectivity index (χ0) is 17.8. The highest BCUT2D eigenvalue weighted by Gasteiger charge is 2.38. The van der Waals surface area contributed by atoms with Crippen LogP contribution in [0.3, 0.4) is 0 Å². The largest absolute Gasteiger partial charge is 0.352 e. The molecule has 25 heavy (non-hydrogen) atoms. The van der Waals surface area contributed by atoms with E-state index in [4.69, 9.17) is 0 Å². The third-order valence-electron chi connectivity index (χ3n) is 5.05. The molecule has 2 aromatic carbocycles. The molecule has 0 bridgehead atoms. The SMILES string of the molecule is Cc1ccccc1CNC(=O)[C@H]1CCC(=O)N(C)[C@H]1c1ccccc1. The minimum absolute atomic E-state index is 0.0106.